The van der Waals surface area contributed by atoms with Crippen LogP contribution >= 0.6 is 0 Å². The van der Waals surface area contributed by atoms with Gasteiger partial charge >= 0.3 is 0 Å². The highest BCUT2D eigenvalue weighted by atomic mass is 16.5. The molecular weight excluding hydrogens is 324 g/mol. The molecule has 0 aliphatic carbocycles. The van der Waals surface area contributed by atoms with Crippen molar-refractivity contribution in [2.24, 2.45) is 5.92 Å². The summed E-state index contributed by atoms with van der Waals surface area (Å²) in [4.78, 5) is 26.6. The molecule has 1 N–H and O–H groups in total. The van der Waals surface area contributed by atoms with Gasteiger partial charge in [0.15, 0.2) is 0 Å². The van der Waals surface area contributed by atoms with E-state index in [2.05, 4.69) is 20.8 Å². The van der Waals surface area contributed by atoms with E-state index in [0.29, 0.717) is 38.4 Å². The first-order chi connectivity index (χ1) is 12.2. The normalized spacial score (nSPS) is 23.0. The van der Waals surface area contributed by atoms with Crippen molar-refractivity contribution in [3.63, 3.8) is 0 Å². The second-order valence-corrected chi connectivity index (χ2v) is 6.35. The van der Waals surface area contributed by atoms with Crippen LogP contribution in [0.3, 0.4) is 0 Å². The number of amides is 2. The molecule has 2 aliphatic heterocycles. The van der Waals surface area contributed by atoms with Crippen molar-refractivity contribution in [1.82, 2.24) is 30.4 Å². The summed E-state index contributed by atoms with van der Waals surface area (Å²) >= 11 is 0. The van der Waals surface area contributed by atoms with E-state index in [9.17, 15) is 9.59 Å². The molecule has 0 spiro atoms. The summed E-state index contributed by atoms with van der Waals surface area (Å²) in [7, 11) is 0. The minimum absolute atomic E-state index is 0.0328. The van der Waals surface area contributed by atoms with Gasteiger partial charge in [-0.3, -0.25) is 9.59 Å². The molecule has 2 amide bonds. The molecule has 2 aromatic rings. The minimum atomic E-state index is -0.310. The summed E-state index contributed by atoms with van der Waals surface area (Å²) in [6.45, 7) is 2.19. The number of carbonyl (C=O) groups is 2. The van der Waals surface area contributed by atoms with Gasteiger partial charge in [0.05, 0.1) is 31.7 Å². The topological polar surface area (TPSA) is 102 Å². The summed E-state index contributed by atoms with van der Waals surface area (Å²) in [6, 6.07) is 7.23. The van der Waals surface area contributed by atoms with Gasteiger partial charge in [0, 0.05) is 18.7 Å². The maximum absolute atomic E-state index is 12.8. The van der Waals surface area contributed by atoms with E-state index in [4.69, 9.17) is 4.74 Å². The molecule has 2 saturated heterocycles. The van der Waals surface area contributed by atoms with Gasteiger partial charge in [-0.05, 0) is 28.1 Å². The van der Waals surface area contributed by atoms with E-state index in [1.807, 2.05) is 12.1 Å². The quantitative estimate of drug-likeness (QED) is 0.792. The first-order valence-electron chi connectivity index (χ1n) is 8.16. The SMILES string of the molecule is O=C1N[C@@H]2COC[C@H]1CN(C(=O)c1ccc(Cn3cnnn3)cc1)C2. The summed E-state index contributed by atoms with van der Waals surface area (Å²) < 4.78 is 7.11. The first kappa shape index (κ1) is 15.7. The molecule has 0 radical (unpaired) electrons. The second-order valence-electron chi connectivity index (χ2n) is 6.35. The first-order valence-corrected chi connectivity index (χ1v) is 8.16. The molecule has 2 fully saturated rings. The van der Waals surface area contributed by atoms with Gasteiger partial charge in [0.2, 0.25) is 5.91 Å². The van der Waals surface area contributed by atoms with Crippen LogP contribution in [0.1, 0.15) is 15.9 Å². The average Bonchev–Trinajstić information content (AvgIpc) is 2.97. The molecule has 2 bridgehead atoms. The number of aromatic nitrogens is 4. The van der Waals surface area contributed by atoms with E-state index in [-0.39, 0.29) is 23.8 Å². The fourth-order valence-electron chi connectivity index (χ4n) is 3.17. The number of ether oxygens (including phenoxy) is 1. The lowest BCUT2D eigenvalue weighted by atomic mass is 10.1. The Balaban J connectivity index is 1.47. The zero-order valence-electron chi connectivity index (χ0n) is 13.5. The third-order valence-corrected chi connectivity index (χ3v) is 4.46. The smallest absolute Gasteiger partial charge is 0.253 e. The molecule has 130 valence electrons. The molecule has 25 heavy (non-hydrogen) atoms. The van der Waals surface area contributed by atoms with Crippen LogP contribution in [-0.2, 0) is 16.1 Å². The lowest BCUT2D eigenvalue weighted by molar-refractivity contribution is -0.125. The van der Waals surface area contributed by atoms with Crippen LogP contribution in [0.15, 0.2) is 30.6 Å². The fraction of sp³-hybridized carbons (Fsp3) is 0.438. The maximum Gasteiger partial charge on any atom is 0.253 e. The highest BCUT2D eigenvalue weighted by Gasteiger charge is 2.35. The van der Waals surface area contributed by atoms with Crippen LogP contribution in [0, 0.1) is 5.92 Å². The Labute approximate surface area is 143 Å². The molecule has 4 rings (SSSR count). The van der Waals surface area contributed by atoms with Crippen LogP contribution in [0.4, 0.5) is 0 Å². The van der Waals surface area contributed by atoms with E-state index < -0.39 is 0 Å². The summed E-state index contributed by atoms with van der Waals surface area (Å²) in [6.07, 6.45) is 1.54. The van der Waals surface area contributed by atoms with Crippen molar-refractivity contribution < 1.29 is 14.3 Å². The van der Waals surface area contributed by atoms with Gasteiger partial charge in [-0.15, -0.1) is 5.10 Å². The predicted molar refractivity (Wildman–Crippen MR) is 85.5 cm³/mol. The molecule has 1 aromatic heterocycles. The summed E-state index contributed by atoms with van der Waals surface area (Å²) in [5, 5.41) is 13.9. The Morgan fingerprint density at radius 2 is 2.08 bits per heavy atom. The third kappa shape index (κ3) is 3.36. The van der Waals surface area contributed by atoms with Gasteiger partial charge in [-0.2, -0.15) is 0 Å². The molecule has 1 aromatic carbocycles. The van der Waals surface area contributed by atoms with E-state index in [1.54, 1.807) is 28.0 Å². The van der Waals surface area contributed by atoms with Crippen LogP contribution < -0.4 is 5.32 Å². The lowest BCUT2D eigenvalue weighted by Gasteiger charge is -2.27. The number of tetrazole rings is 1. The number of benzene rings is 1. The van der Waals surface area contributed by atoms with Crippen molar-refractivity contribution in [2.45, 2.75) is 12.6 Å². The number of rotatable bonds is 3. The van der Waals surface area contributed by atoms with Crippen LogP contribution in [0.2, 0.25) is 0 Å². The van der Waals surface area contributed by atoms with Gasteiger partial charge in [0.1, 0.15) is 6.33 Å². The van der Waals surface area contributed by atoms with Crippen molar-refractivity contribution in [1.29, 1.82) is 0 Å². The Kier molecular flexibility index (Phi) is 4.14. The molecule has 3 heterocycles. The zero-order valence-corrected chi connectivity index (χ0v) is 13.5. The van der Waals surface area contributed by atoms with E-state index >= 15 is 0 Å². The number of fused-ring (bicyclic) bond motifs is 3. The van der Waals surface area contributed by atoms with Crippen molar-refractivity contribution in [2.75, 3.05) is 26.3 Å². The Hall–Kier alpha value is -2.81. The summed E-state index contributed by atoms with van der Waals surface area (Å²) in [5.74, 6) is -0.410. The number of carbonyl (C=O) groups excluding carboxylic acids is 2. The van der Waals surface area contributed by atoms with Gasteiger partial charge in [0.25, 0.3) is 5.91 Å². The summed E-state index contributed by atoms with van der Waals surface area (Å²) in [5.41, 5.74) is 1.61. The number of hydrogen-bond donors (Lipinski definition) is 1. The van der Waals surface area contributed by atoms with Crippen LogP contribution in [-0.4, -0.2) is 69.3 Å². The molecule has 0 unspecified atom stereocenters. The largest absolute Gasteiger partial charge is 0.378 e. The minimum Gasteiger partial charge on any atom is -0.378 e. The Morgan fingerprint density at radius 1 is 1.24 bits per heavy atom. The van der Waals surface area contributed by atoms with Crippen LogP contribution in [0.5, 0.6) is 0 Å². The molecule has 2 atom stereocenters. The van der Waals surface area contributed by atoms with Crippen LogP contribution in [0.25, 0.3) is 0 Å². The average molecular weight is 342 g/mol. The highest BCUT2D eigenvalue weighted by Crippen LogP contribution is 2.17. The number of hydrogen-bond acceptors (Lipinski definition) is 6. The van der Waals surface area contributed by atoms with E-state index in [0.717, 1.165) is 5.56 Å². The predicted octanol–water partition coefficient (Wildman–Crippen LogP) is -0.692. The monoisotopic (exact) mass is 342 g/mol. The van der Waals surface area contributed by atoms with Crippen molar-refractivity contribution in [3.05, 3.63) is 41.7 Å². The standard InChI is InChI=1S/C16H18N6O3/c23-15-13-6-21(7-14(18-15)9-25-8-13)16(24)12-3-1-11(2-4-12)5-22-10-17-19-20-22/h1-4,10,13-14H,5-9H2,(H,18,23)/t13-,14+/m1/s1. The molecule has 2 aliphatic rings. The van der Waals surface area contributed by atoms with Gasteiger partial charge in [-0.25, -0.2) is 4.68 Å². The third-order valence-electron chi connectivity index (χ3n) is 4.46. The fourth-order valence-corrected chi connectivity index (χ4v) is 3.17. The number of nitrogens with one attached hydrogen (secondary N) is 1. The van der Waals surface area contributed by atoms with Crippen molar-refractivity contribution >= 4 is 11.8 Å². The van der Waals surface area contributed by atoms with E-state index in [1.165, 1.54) is 0 Å². The zero-order chi connectivity index (χ0) is 17.2. The second kappa shape index (κ2) is 6.60. The highest BCUT2D eigenvalue weighted by molar-refractivity contribution is 5.95. The molecule has 9 heteroatoms. The lowest BCUT2D eigenvalue weighted by Crippen LogP contribution is -2.44. The Morgan fingerprint density at radius 3 is 2.84 bits per heavy atom. The van der Waals surface area contributed by atoms with Gasteiger partial charge < -0.3 is 15.0 Å². The van der Waals surface area contributed by atoms with Crippen molar-refractivity contribution in [3.8, 4) is 0 Å². The molecular formula is C16H18N6O3. The Bertz CT molecular complexity index is 761. The molecule has 0 saturated carbocycles. The molecule has 9 nitrogen and oxygen atoms in total. The van der Waals surface area contributed by atoms with Gasteiger partial charge in [-0.1, -0.05) is 12.1 Å². The number of nitrogens with zero attached hydrogens (tertiary/aromatic N) is 5. The maximum atomic E-state index is 12.8.